The molecule has 3 aromatic rings. The van der Waals surface area contributed by atoms with Gasteiger partial charge in [-0.3, -0.25) is 14.9 Å². The molecule has 1 aliphatic heterocycles. The molecule has 2 amide bonds. The summed E-state index contributed by atoms with van der Waals surface area (Å²) < 4.78 is 27.8. The van der Waals surface area contributed by atoms with Gasteiger partial charge in [0.25, 0.3) is 5.91 Å². The Hall–Kier alpha value is -4.24. The summed E-state index contributed by atoms with van der Waals surface area (Å²) in [6.07, 6.45) is 8.57. The van der Waals surface area contributed by atoms with Crippen molar-refractivity contribution in [1.82, 2.24) is 19.9 Å². The number of benzene rings is 1. The summed E-state index contributed by atoms with van der Waals surface area (Å²) in [6.45, 7) is 0. The van der Waals surface area contributed by atoms with Gasteiger partial charge in [-0.1, -0.05) is 12.1 Å². The number of anilines is 2. The van der Waals surface area contributed by atoms with Gasteiger partial charge in [-0.15, -0.1) is 0 Å². The molecule has 1 saturated heterocycles. The molecule has 1 aromatic carbocycles. The number of carbonyl (C=O) groups is 2. The van der Waals surface area contributed by atoms with Crippen LogP contribution in [0.4, 0.5) is 11.6 Å². The third-order valence-corrected chi connectivity index (χ3v) is 9.59. The zero-order valence-electron chi connectivity index (χ0n) is 21.8. The standard InChI is InChI=1S/C28H29N7O4S/c29-14-18-3-1-2-4-23(18)40(38,39)16-17-5-7-21(8-6-17)31-24-13-25(32-22-9-10-22)35-27(33-24)20(15-30-35)11-19-12-26(36)34-28(19)37/h1-4,11,13,15,17,21-22,32H,5-10,12,16H2,(H,31,33)(H,34,36,37)/b19-11+. The quantitative estimate of drug-likeness (QED) is 0.279. The molecule has 2 aromatic heterocycles. The van der Waals surface area contributed by atoms with Crippen LogP contribution in [0.5, 0.6) is 0 Å². The lowest BCUT2D eigenvalue weighted by molar-refractivity contribution is -0.124. The highest BCUT2D eigenvalue weighted by Gasteiger charge is 2.29. The number of nitrogens with zero attached hydrogens (tertiary/aromatic N) is 4. The fraction of sp³-hybridized carbons (Fsp3) is 0.393. The number of nitrogens with one attached hydrogen (secondary N) is 3. The molecule has 6 rings (SSSR count). The molecule has 3 N–H and O–H groups in total. The van der Waals surface area contributed by atoms with Gasteiger partial charge >= 0.3 is 0 Å². The van der Waals surface area contributed by atoms with Gasteiger partial charge in [-0.25, -0.2) is 13.4 Å². The molecule has 12 heteroatoms. The molecule has 11 nitrogen and oxygen atoms in total. The Morgan fingerprint density at radius 2 is 1.80 bits per heavy atom. The SMILES string of the molecule is N#Cc1ccccc1S(=O)(=O)CC1CCC(Nc2cc(NC3CC3)n3ncc(/C=C4\CC(=O)NC4=O)c3n2)CC1. The summed E-state index contributed by atoms with van der Waals surface area (Å²) in [6, 6.07) is 10.8. The number of sulfone groups is 1. The van der Waals surface area contributed by atoms with E-state index in [0.717, 1.165) is 44.3 Å². The van der Waals surface area contributed by atoms with E-state index < -0.39 is 15.7 Å². The summed E-state index contributed by atoms with van der Waals surface area (Å²) in [5.74, 6) is 0.791. The van der Waals surface area contributed by atoms with Gasteiger partial charge in [-0.2, -0.15) is 14.9 Å². The van der Waals surface area contributed by atoms with Crippen LogP contribution in [0.25, 0.3) is 11.7 Å². The Balaban J connectivity index is 1.17. The number of fused-ring (bicyclic) bond motifs is 1. The summed E-state index contributed by atoms with van der Waals surface area (Å²) in [5.41, 5.74) is 1.78. The fourth-order valence-corrected chi connectivity index (χ4v) is 7.28. The van der Waals surface area contributed by atoms with Gasteiger partial charge in [-0.05, 0) is 62.7 Å². The molecule has 0 radical (unpaired) electrons. The Labute approximate surface area is 231 Å². The third-order valence-electron chi connectivity index (χ3n) is 7.65. The highest BCUT2D eigenvalue weighted by atomic mass is 32.2. The van der Waals surface area contributed by atoms with Crippen molar-refractivity contribution in [1.29, 1.82) is 5.26 Å². The van der Waals surface area contributed by atoms with Crippen LogP contribution in [-0.4, -0.2) is 52.7 Å². The van der Waals surface area contributed by atoms with Crippen molar-refractivity contribution in [2.24, 2.45) is 5.92 Å². The first-order valence-electron chi connectivity index (χ1n) is 13.5. The van der Waals surface area contributed by atoms with E-state index in [2.05, 4.69) is 21.0 Å². The van der Waals surface area contributed by atoms with E-state index >= 15 is 0 Å². The Morgan fingerprint density at radius 1 is 1.07 bits per heavy atom. The van der Waals surface area contributed by atoms with Gasteiger partial charge in [0.2, 0.25) is 5.91 Å². The van der Waals surface area contributed by atoms with E-state index in [4.69, 9.17) is 4.98 Å². The number of nitriles is 1. The monoisotopic (exact) mass is 559 g/mol. The normalized spacial score (nSPS) is 22.3. The lowest BCUT2D eigenvalue weighted by atomic mass is 9.87. The van der Waals surface area contributed by atoms with Crippen molar-refractivity contribution >= 4 is 45.0 Å². The van der Waals surface area contributed by atoms with Crippen LogP contribution in [0.3, 0.4) is 0 Å². The van der Waals surface area contributed by atoms with Gasteiger partial charge in [0.1, 0.15) is 17.7 Å². The van der Waals surface area contributed by atoms with Gasteiger partial charge in [0, 0.05) is 29.3 Å². The van der Waals surface area contributed by atoms with E-state index in [1.165, 1.54) is 12.1 Å². The molecule has 3 fully saturated rings. The Kier molecular flexibility index (Phi) is 6.75. The molecule has 0 spiro atoms. The minimum Gasteiger partial charge on any atom is -0.367 e. The average molecular weight is 560 g/mol. The number of rotatable bonds is 8. The minimum atomic E-state index is -3.56. The van der Waals surface area contributed by atoms with Crippen molar-refractivity contribution in [3.05, 3.63) is 53.2 Å². The molecular weight excluding hydrogens is 530 g/mol. The lowest BCUT2D eigenvalue weighted by Crippen LogP contribution is -2.29. The molecule has 0 bridgehead atoms. The predicted octanol–water partition coefficient (Wildman–Crippen LogP) is 3.05. The molecule has 40 heavy (non-hydrogen) atoms. The van der Waals surface area contributed by atoms with Crippen LogP contribution in [-0.2, 0) is 19.4 Å². The maximum absolute atomic E-state index is 13.0. The lowest BCUT2D eigenvalue weighted by Gasteiger charge is -2.29. The van der Waals surface area contributed by atoms with Crippen LogP contribution >= 0.6 is 0 Å². The zero-order chi connectivity index (χ0) is 27.9. The van der Waals surface area contributed by atoms with Crippen molar-refractivity contribution in [2.45, 2.75) is 61.9 Å². The first-order valence-corrected chi connectivity index (χ1v) is 15.1. The molecule has 0 unspecified atom stereocenters. The summed E-state index contributed by atoms with van der Waals surface area (Å²) in [7, 11) is -3.56. The molecule has 3 aliphatic rings. The van der Waals surface area contributed by atoms with Gasteiger partial charge in [0.15, 0.2) is 15.5 Å². The van der Waals surface area contributed by atoms with E-state index in [0.29, 0.717) is 28.6 Å². The van der Waals surface area contributed by atoms with Crippen LogP contribution in [0.1, 0.15) is 56.1 Å². The van der Waals surface area contributed by atoms with Crippen LogP contribution < -0.4 is 16.0 Å². The number of hydrogen-bond donors (Lipinski definition) is 3. The molecule has 206 valence electrons. The number of aromatic nitrogens is 3. The van der Waals surface area contributed by atoms with Gasteiger partial charge < -0.3 is 10.6 Å². The first kappa shape index (κ1) is 26.0. The van der Waals surface area contributed by atoms with Crippen molar-refractivity contribution in [2.75, 3.05) is 16.4 Å². The minimum absolute atomic E-state index is 0.0191. The Bertz CT molecular complexity index is 1680. The van der Waals surface area contributed by atoms with E-state index in [1.54, 1.807) is 28.9 Å². The number of amides is 2. The zero-order valence-corrected chi connectivity index (χ0v) is 22.6. The maximum atomic E-state index is 13.0. The van der Waals surface area contributed by atoms with E-state index in [-0.39, 0.29) is 40.5 Å². The van der Waals surface area contributed by atoms with Gasteiger partial charge in [0.05, 0.1) is 28.8 Å². The number of carbonyl (C=O) groups excluding carboxylic acids is 2. The molecular formula is C28H29N7O4S. The summed E-state index contributed by atoms with van der Waals surface area (Å²) in [5, 5.41) is 23.1. The third kappa shape index (κ3) is 5.42. The number of imide groups is 1. The van der Waals surface area contributed by atoms with Crippen molar-refractivity contribution < 1.29 is 18.0 Å². The van der Waals surface area contributed by atoms with Crippen molar-refractivity contribution in [3.8, 4) is 6.07 Å². The topological polar surface area (TPSA) is 158 Å². The molecule has 2 saturated carbocycles. The second-order valence-electron chi connectivity index (χ2n) is 10.8. The van der Waals surface area contributed by atoms with E-state index in [9.17, 15) is 23.3 Å². The first-order chi connectivity index (χ1) is 19.3. The molecule has 3 heterocycles. The summed E-state index contributed by atoms with van der Waals surface area (Å²) in [4.78, 5) is 28.6. The van der Waals surface area contributed by atoms with E-state index in [1.807, 2.05) is 12.1 Å². The average Bonchev–Trinajstić information content (AvgIpc) is 3.57. The summed E-state index contributed by atoms with van der Waals surface area (Å²) >= 11 is 0. The predicted molar refractivity (Wildman–Crippen MR) is 148 cm³/mol. The largest absolute Gasteiger partial charge is 0.367 e. The smallest absolute Gasteiger partial charge is 0.254 e. The second kappa shape index (κ2) is 10.4. The highest BCUT2D eigenvalue weighted by Crippen LogP contribution is 2.32. The molecule has 2 aliphatic carbocycles. The van der Waals surface area contributed by atoms with Crippen LogP contribution in [0.2, 0.25) is 0 Å². The van der Waals surface area contributed by atoms with Crippen LogP contribution in [0.15, 0.2) is 47.0 Å². The van der Waals surface area contributed by atoms with Crippen molar-refractivity contribution in [3.63, 3.8) is 0 Å². The second-order valence-corrected chi connectivity index (χ2v) is 12.8. The van der Waals surface area contributed by atoms with Crippen LogP contribution in [0, 0.1) is 17.2 Å². The Morgan fingerprint density at radius 3 is 2.50 bits per heavy atom. The maximum Gasteiger partial charge on any atom is 0.254 e. The molecule has 0 atom stereocenters. The number of hydrogen-bond acceptors (Lipinski definition) is 9. The highest BCUT2D eigenvalue weighted by molar-refractivity contribution is 7.91. The fourth-order valence-electron chi connectivity index (χ4n) is 5.42.